The Morgan fingerprint density at radius 2 is 2.11 bits per heavy atom. The van der Waals surface area contributed by atoms with Gasteiger partial charge in [-0.3, -0.25) is 0 Å². The van der Waals surface area contributed by atoms with Crippen LogP contribution in [-0.2, 0) is 6.54 Å². The van der Waals surface area contributed by atoms with Gasteiger partial charge in [0, 0.05) is 15.3 Å². The van der Waals surface area contributed by atoms with Gasteiger partial charge in [-0.1, -0.05) is 18.2 Å². The zero-order chi connectivity index (χ0) is 13.4. The van der Waals surface area contributed by atoms with Crippen molar-refractivity contribution in [1.82, 2.24) is 14.5 Å². The van der Waals surface area contributed by atoms with Crippen molar-refractivity contribution in [3.05, 3.63) is 57.3 Å². The zero-order valence-corrected chi connectivity index (χ0v) is 12.4. The van der Waals surface area contributed by atoms with Crippen LogP contribution in [0.15, 0.2) is 36.5 Å². The van der Waals surface area contributed by atoms with Crippen LogP contribution in [0.1, 0.15) is 11.4 Å². The second-order valence-corrected chi connectivity index (χ2v) is 5.58. The highest BCUT2D eigenvalue weighted by Gasteiger charge is 2.11. The topological polar surface area (TPSA) is 30.7 Å². The van der Waals surface area contributed by atoms with Gasteiger partial charge in [-0.15, -0.1) is 0 Å². The first kappa shape index (κ1) is 12.5. The second kappa shape index (κ2) is 4.88. The van der Waals surface area contributed by atoms with Gasteiger partial charge in [-0.25, -0.2) is 14.4 Å². The minimum atomic E-state index is -0.192. The van der Waals surface area contributed by atoms with Crippen molar-refractivity contribution >= 4 is 33.8 Å². The van der Waals surface area contributed by atoms with Gasteiger partial charge in [0.1, 0.15) is 11.6 Å². The molecule has 0 aliphatic rings. The summed E-state index contributed by atoms with van der Waals surface area (Å²) in [5.41, 5.74) is 2.30. The lowest BCUT2D eigenvalue weighted by Crippen LogP contribution is -2.04. The largest absolute Gasteiger partial charge is 0.322 e. The summed E-state index contributed by atoms with van der Waals surface area (Å²) in [5.74, 6) is 0.648. The molecule has 0 radical (unpaired) electrons. The molecule has 0 atom stereocenters. The van der Waals surface area contributed by atoms with Crippen LogP contribution in [0.3, 0.4) is 0 Å². The molecule has 3 aromatic rings. The molecular weight excluding hydrogens is 356 g/mol. The monoisotopic (exact) mass is 367 g/mol. The number of hydrogen-bond donors (Lipinski definition) is 0. The van der Waals surface area contributed by atoms with Crippen molar-refractivity contribution in [1.29, 1.82) is 0 Å². The lowest BCUT2D eigenvalue weighted by atomic mass is 10.2. The fraction of sp³-hybridized carbons (Fsp3) is 0.143. The average molecular weight is 367 g/mol. The van der Waals surface area contributed by atoms with Gasteiger partial charge in [0.2, 0.25) is 0 Å². The van der Waals surface area contributed by atoms with E-state index in [2.05, 4.69) is 32.6 Å². The summed E-state index contributed by atoms with van der Waals surface area (Å²) < 4.78 is 16.8. The maximum Gasteiger partial charge on any atom is 0.177 e. The predicted molar refractivity (Wildman–Crippen MR) is 80.5 cm³/mol. The van der Waals surface area contributed by atoms with Gasteiger partial charge in [0.25, 0.3) is 0 Å². The van der Waals surface area contributed by atoms with Crippen LogP contribution in [0.25, 0.3) is 11.2 Å². The summed E-state index contributed by atoms with van der Waals surface area (Å²) in [7, 11) is 0. The molecule has 5 heteroatoms. The van der Waals surface area contributed by atoms with E-state index in [1.807, 2.05) is 23.6 Å². The van der Waals surface area contributed by atoms with Crippen molar-refractivity contribution in [3.8, 4) is 0 Å². The Balaban J connectivity index is 2.12. The van der Waals surface area contributed by atoms with Crippen molar-refractivity contribution in [3.63, 3.8) is 0 Å². The molecular formula is C14H11FIN3. The van der Waals surface area contributed by atoms with Crippen molar-refractivity contribution < 1.29 is 4.39 Å². The Morgan fingerprint density at radius 1 is 1.32 bits per heavy atom. The first-order valence-electron chi connectivity index (χ1n) is 5.87. The highest BCUT2D eigenvalue weighted by molar-refractivity contribution is 14.1. The Morgan fingerprint density at radius 3 is 2.89 bits per heavy atom. The molecule has 0 fully saturated rings. The van der Waals surface area contributed by atoms with Gasteiger partial charge in [0.05, 0.1) is 12.1 Å². The minimum absolute atomic E-state index is 0.192. The fourth-order valence-corrected chi connectivity index (χ4v) is 2.52. The van der Waals surface area contributed by atoms with Crippen molar-refractivity contribution in [2.45, 2.75) is 13.5 Å². The Bertz CT molecular complexity index is 752. The zero-order valence-electron chi connectivity index (χ0n) is 10.3. The Kier molecular flexibility index (Phi) is 3.22. The molecule has 96 valence electrons. The summed E-state index contributed by atoms with van der Waals surface area (Å²) in [6, 6.07) is 8.83. The quantitative estimate of drug-likeness (QED) is 0.649. The number of halogens is 2. The smallest absolute Gasteiger partial charge is 0.177 e. The number of aromatic nitrogens is 3. The van der Waals surface area contributed by atoms with Crippen LogP contribution in [-0.4, -0.2) is 14.5 Å². The number of fused-ring (bicyclic) bond motifs is 1. The van der Waals surface area contributed by atoms with E-state index in [9.17, 15) is 4.39 Å². The molecule has 0 aliphatic heterocycles. The van der Waals surface area contributed by atoms with Crippen LogP contribution in [0.2, 0.25) is 0 Å². The third kappa shape index (κ3) is 2.34. The second-order valence-electron chi connectivity index (χ2n) is 4.33. The van der Waals surface area contributed by atoms with E-state index in [4.69, 9.17) is 0 Å². The molecule has 0 saturated carbocycles. The maximum absolute atomic E-state index is 13.7. The Hall–Kier alpha value is -1.50. The van der Waals surface area contributed by atoms with Gasteiger partial charge in [0.15, 0.2) is 5.65 Å². The number of imidazole rings is 1. The molecule has 0 bridgehead atoms. The van der Waals surface area contributed by atoms with E-state index in [1.165, 1.54) is 6.07 Å². The summed E-state index contributed by atoms with van der Waals surface area (Å²) in [6.07, 6.45) is 1.78. The predicted octanol–water partition coefficient (Wildman–Crippen LogP) is 3.53. The molecule has 0 aliphatic carbocycles. The summed E-state index contributed by atoms with van der Waals surface area (Å²) in [5, 5.41) is 0. The molecule has 3 rings (SSSR count). The van der Waals surface area contributed by atoms with E-state index in [-0.39, 0.29) is 5.82 Å². The number of benzene rings is 1. The molecule has 1 aromatic carbocycles. The minimum Gasteiger partial charge on any atom is -0.322 e. The van der Waals surface area contributed by atoms with Crippen molar-refractivity contribution in [2.24, 2.45) is 0 Å². The number of pyridine rings is 1. The molecule has 0 amide bonds. The number of aryl methyl sites for hydroxylation is 1. The molecule has 2 heterocycles. The van der Waals surface area contributed by atoms with E-state index >= 15 is 0 Å². The fourth-order valence-electron chi connectivity index (χ4n) is 2.09. The molecule has 19 heavy (non-hydrogen) atoms. The van der Waals surface area contributed by atoms with E-state index in [0.717, 1.165) is 14.9 Å². The normalized spacial score (nSPS) is 11.1. The van der Waals surface area contributed by atoms with E-state index in [1.54, 1.807) is 18.3 Å². The summed E-state index contributed by atoms with van der Waals surface area (Å²) in [4.78, 5) is 8.70. The standard InChI is InChI=1S/C14H11FIN3/c1-9-18-14-13(6-11(16)7-17-14)19(9)8-10-4-2-3-5-12(10)15/h2-7H,8H2,1H3. The van der Waals surface area contributed by atoms with Gasteiger partial charge in [-0.05, 0) is 41.6 Å². The molecule has 2 aromatic heterocycles. The molecule has 0 saturated heterocycles. The van der Waals surface area contributed by atoms with Gasteiger partial charge < -0.3 is 4.57 Å². The Labute approximate surface area is 123 Å². The van der Waals surface area contributed by atoms with E-state index < -0.39 is 0 Å². The summed E-state index contributed by atoms with van der Waals surface area (Å²) >= 11 is 2.21. The first-order chi connectivity index (χ1) is 9.15. The molecule has 0 spiro atoms. The van der Waals surface area contributed by atoms with E-state index in [0.29, 0.717) is 17.8 Å². The molecule has 0 N–H and O–H groups in total. The van der Waals surface area contributed by atoms with Crippen LogP contribution < -0.4 is 0 Å². The number of hydrogen-bond acceptors (Lipinski definition) is 2. The highest BCUT2D eigenvalue weighted by Crippen LogP contribution is 2.19. The van der Waals surface area contributed by atoms with Crippen LogP contribution >= 0.6 is 22.6 Å². The van der Waals surface area contributed by atoms with Crippen molar-refractivity contribution in [2.75, 3.05) is 0 Å². The first-order valence-corrected chi connectivity index (χ1v) is 6.95. The summed E-state index contributed by atoms with van der Waals surface area (Å²) in [6.45, 7) is 2.38. The highest BCUT2D eigenvalue weighted by atomic mass is 127. The lowest BCUT2D eigenvalue weighted by Gasteiger charge is -2.07. The molecule has 0 unspecified atom stereocenters. The number of rotatable bonds is 2. The van der Waals surface area contributed by atoms with Crippen LogP contribution in [0.5, 0.6) is 0 Å². The number of nitrogens with zero attached hydrogens (tertiary/aromatic N) is 3. The van der Waals surface area contributed by atoms with Gasteiger partial charge >= 0.3 is 0 Å². The maximum atomic E-state index is 13.7. The van der Waals surface area contributed by atoms with Crippen LogP contribution in [0.4, 0.5) is 4.39 Å². The average Bonchev–Trinajstić information content (AvgIpc) is 2.69. The molecule has 3 nitrogen and oxygen atoms in total. The third-order valence-electron chi connectivity index (χ3n) is 3.05. The SMILES string of the molecule is Cc1nc2ncc(I)cc2n1Cc1ccccc1F. The van der Waals surface area contributed by atoms with Crippen LogP contribution in [0, 0.1) is 16.3 Å². The lowest BCUT2D eigenvalue weighted by molar-refractivity contribution is 0.599. The third-order valence-corrected chi connectivity index (χ3v) is 3.64. The van der Waals surface area contributed by atoms with Gasteiger partial charge in [-0.2, -0.15) is 0 Å².